The Morgan fingerprint density at radius 1 is 1.37 bits per heavy atom. The van der Waals surface area contributed by atoms with Crippen LogP contribution in [0.15, 0.2) is 0 Å². The lowest BCUT2D eigenvalue weighted by Crippen LogP contribution is -2.38. The molecule has 3 atom stereocenters. The minimum Gasteiger partial charge on any atom is -0.335 e. The van der Waals surface area contributed by atoms with Crippen molar-refractivity contribution in [3.63, 3.8) is 0 Å². The van der Waals surface area contributed by atoms with E-state index in [2.05, 4.69) is 34.5 Å². The van der Waals surface area contributed by atoms with Gasteiger partial charge in [0, 0.05) is 12.5 Å². The molecule has 2 saturated carbocycles. The topological polar surface area (TPSA) is 74.8 Å². The predicted molar refractivity (Wildman–Crippen MR) is 68.8 cm³/mol. The number of carbonyl (C=O) groups is 1. The Kier molecular flexibility index (Phi) is 3.24. The van der Waals surface area contributed by atoms with E-state index in [9.17, 15) is 4.79 Å². The van der Waals surface area contributed by atoms with Crippen molar-refractivity contribution in [3.8, 4) is 0 Å². The number of nitrogens with one attached hydrogen (secondary N) is 1. The maximum atomic E-state index is 12.6. The van der Waals surface area contributed by atoms with Crippen molar-refractivity contribution in [1.29, 1.82) is 0 Å². The van der Waals surface area contributed by atoms with Gasteiger partial charge in [-0.05, 0) is 37.0 Å². The highest BCUT2D eigenvalue weighted by molar-refractivity contribution is 5.79. The number of nitrogens with zero attached hydrogens (tertiary/aromatic N) is 4. The summed E-state index contributed by atoms with van der Waals surface area (Å²) in [5.74, 6) is 3.23. The molecule has 1 amide bonds. The van der Waals surface area contributed by atoms with Crippen LogP contribution in [0.3, 0.4) is 0 Å². The van der Waals surface area contributed by atoms with Crippen molar-refractivity contribution in [1.82, 2.24) is 25.5 Å². The molecule has 1 heterocycles. The van der Waals surface area contributed by atoms with Gasteiger partial charge in [-0.25, -0.2) is 0 Å². The summed E-state index contributed by atoms with van der Waals surface area (Å²) >= 11 is 0. The Labute approximate surface area is 112 Å². The Morgan fingerprint density at radius 2 is 2.11 bits per heavy atom. The minimum absolute atomic E-state index is 0.231. The smallest absolute Gasteiger partial charge is 0.226 e. The van der Waals surface area contributed by atoms with Crippen molar-refractivity contribution in [2.24, 2.45) is 23.7 Å². The first-order valence-electron chi connectivity index (χ1n) is 7.14. The molecule has 0 spiro atoms. The molecule has 1 aromatic rings. The van der Waals surface area contributed by atoms with Crippen LogP contribution >= 0.6 is 0 Å². The second-order valence-electron chi connectivity index (χ2n) is 6.36. The number of fused-ring (bicyclic) bond motifs is 1. The molecule has 2 fully saturated rings. The fourth-order valence-corrected chi connectivity index (χ4v) is 3.27. The molecule has 1 unspecified atom stereocenters. The Balaban J connectivity index is 1.65. The van der Waals surface area contributed by atoms with Crippen LogP contribution in [-0.4, -0.2) is 38.0 Å². The van der Waals surface area contributed by atoms with Gasteiger partial charge in [0.25, 0.3) is 0 Å². The van der Waals surface area contributed by atoms with Crippen LogP contribution < -0.4 is 0 Å². The number of aromatic amines is 1. The van der Waals surface area contributed by atoms with Gasteiger partial charge in [-0.15, -0.1) is 10.2 Å². The lowest BCUT2D eigenvalue weighted by Gasteiger charge is -2.26. The highest BCUT2D eigenvalue weighted by Gasteiger charge is 2.48. The van der Waals surface area contributed by atoms with Gasteiger partial charge in [-0.1, -0.05) is 19.1 Å². The van der Waals surface area contributed by atoms with Gasteiger partial charge in [-0.2, -0.15) is 5.21 Å². The van der Waals surface area contributed by atoms with E-state index in [-0.39, 0.29) is 11.8 Å². The van der Waals surface area contributed by atoms with E-state index in [0.29, 0.717) is 18.3 Å². The van der Waals surface area contributed by atoms with Crippen LogP contribution in [0.2, 0.25) is 0 Å². The molecular formula is C13H21N5O. The van der Waals surface area contributed by atoms with E-state index in [1.54, 1.807) is 0 Å². The molecule has 104 valence electrons. The SMILES string of the molecule is CC(C)CN(Cc1nn[nH]n1)C(=O)C1C[C@@H]2C[C@@H]2C1. The van der Waals surface area contributed by atoms with Crippen molar-refractivity contribution < 1.29 is 4.79 Å². The van der Waals surface area contributed by atoms with Gasteiger partial charge >= 0.3 is 0 Å². The third-order valence-corrected chi connectivity index (χ3v) is 4.21. The molecule has 19 heavy (non-hydrogen) atoms. The van der Waals surface area contributed by atoms with Crippen molar-refractivity contribution in [3.05, 3.63) is 5.82 Å². The van der Waals surface area contributed by atoms with Crippen LogP contribution in [-0.2, 0) is 11.3 Å². The number of aromatic nitrogens is 4. The first-order chi connectivity index (χ1) is 9.13. The molecule has 2 aliphatic rings. The van der Waals surface area contributed by atoms with Gasteiger partial charge in [0.2, 0.25) is 5.91 Å². The first kappa shape index (κ1) is 12.6. The molecular weight excluding hydrogens is 242 g/mol. The van der Waals surface area contributed by atoms with E-state index < -0.39 is 0 Å². The summed E-state index contributed by atoms with van der Waals surface area (Å²) in [6.45, 7) is 5.49. The summed E-state index contributed by atoms with van der Waals surface area (Å²) in [7, 11) is 0. The third-order valence-electron chi connectivity index (χ3n) is 4.21. The van der Waals surface area contributed by atoms with Gasteiger partial charge in [0.15, 0.2) is 5.82 Å². The zero-order chi connectivity index (χ0) is 13.4. The highest BCUT2D eigenvalue weighted by atomic mass is 16.2. The summed E-state index contributed by atoms with van der Waals surface area (Å²) in [4.78, 5) is 14.5. The molecule has 1 N–H and O–H groups in total. The number of tetrazole rings is 1. The normalized spacial score (nSPS) is 28.5. The zero-order valence-corrected chi connectivity index (χ0v) is 11.5. The first-order valence-corrected chi connectivity index (χ1v) is 7.14. The monoisotopic (exact) mass is 263 g/mol. The summed E-state index contributed by atoms with van der Waals surface area (Å²) < 4.78 is 0. The molecule has 0 bridgehead atoms. The number of hydrogen-bond donors (Lipinski definition) is 1. The molecule has 6 heteroatoms. The number of amides is 1. The number of H-pyrrole nitrogens is 1. The van der Waals surface area contributed by atoms with Crippen LogP contribution in [0, 0.1) is 23.7 Å². The van der Waals surface area contributed by atoms with E-state index >= 15 is 0 Å². The fourth-order valence-electron chi connectivity index (χ4n) is 3.27. The molecule has 1 aromatic heterocycles. The number of carbonyl (C=O) groups excluding carboxylic acids is 1. The molecule has 3 rings (SSSR count). The van der Waals surface area contributed by atoms with Crippen molar-refractivity contribution in [2.45, 2.75) is 39.7 Å². The minimum atomic E-state index is 0.231. The zero-order valence-electron chi connectivity index (χ0n) is 11.5. The average Bonchev–Trinajstić information content (AvgIpc) is 2.82. The Morgan fingerprint density at radius 3 is 2.68 bits per heavy atom. The molecule has 2 aliphatic carbocycles. The average molecular weight is 263 g/mol. The number of hydrogen-bond acceptors (Lipinski definition) is 4. The largest absolute Gasteiger partial charge is 0.335 e. The van der Waals surface area contributed by atoms with Gasteiger partial charge in [0.1, 0.15) is 0 Å². The highest BCUT2D eigenvalue weighted by Crippen LogP contribution is 2.54. The maximum Gasteiger partial charge on any atom is 0.226 e. The summed E-state index contributed by atoms with van der Waals surface area (Å²) in [5, 5.41) is 13.9. The molecule has 0 radical (unpaired) electrons. The predicted octanol–water partition coefficient (Wildman–Crippen LogP) is 1.23. The van der Waals surface area contributed by atoms with Gasteiger partial charge in [0.05, 0.1) is 6.54 Å². The van der Waals surface area contributed by atoms with E-state index in [0.717, 1.165) is 31.2 Å². The Hall–Kier alpha value is -1.46. The van der Waals surface area contributed by atoms with Crippen LogP contribution in [0.25, 0.3) is 0 Å². The summed E-state index contributed by atoms with van der Waals surface area (Å²) in [5.41, 5.74) is 0. The second-order valence-corrected chi connectivity index (χ2v) is 6.36. The van der Waals surface area contributed by atoms with Crippen molar-refractivity contribution in [2.75, 3.05) is 6.54 Å². The second kappa shape index (κ2) is 4.90. The molecule has 6 nitrogen and oxygen atoms in total. The van der Waals surface area contributed by atoms with Gasteiger partial charge in [-0.3, -0.25) is 4.79 Å². The number of rotatable bonds is 5. The maximum absolute atomic E-state index is 12.6. The van der Waals surface area contributed by atoms with E-state index in [1.165, 1.54) is 6.42 Å². The Bertz CT molecular complexity index is 434. The molecule has 0 aromatic carbocycles. The summed E-state index contributed by atoms with van der Waals surface area (Å²) in [6.07, 6.45) is 3.52. The quantitative estimate of drug-likeness (QED) is 0.867. The molecule has 0 saturated heterocycles. The van der Waals surface area contributed by atoms with Crippen LogP contribution in [0.5, 0.6) is 0 Å². The summed E-state index contributed by atoms with van der Waals surface area (Å²) in [6, 6.07) is 0. The standard InChI is InChI=1S/C13H21N5O/c1-8(2)6-18(7-12-14-16-17-15-12)13(19)11-4-9-3-10(9)5-11/h8-11H,3-7H2,1-2H3,(H,14,15,16,17)/t9-,10+,11?. The van der Waals surface area contributed by atoms with E-state index in [1.807, 2.05) is 4.90 Å². The van der Waals surface area contributed by atoms with Gasteiger partial charge < -0.3 is 4.90 Å². The third kappa shape index (κ3) is 2.77. The van der Waals surface area contributed by atoms with Crippen LogP contribution in [0.4, 0.5) is 0 Å². The van der Waals surface area contributed by atoms with Crippen molar-refractivity contribution >= 4 is 5.91 Å². The lowest BCUT2D eigenvalue weighted by atomic mass is 10.0. The lowest BCUT2D eigenvalue weighted by molar-refractivity contribution is -0.137. The fraction of sp³-hybridized carbons (Fsp3) is 0.846. The van der Waals surface area contributed by atoms with Crippen LogP contribution in [0.1, 0.15) is 38.9 Å². The molecule has 0 aliphatic heterocycles. The van der Waals surface area contributed by atoms with E-state index in [4.69, 9.17) is 0 Å².